The second-order valence-electron chi connectivity index (χ2n) is 9.46. The number of amides is 1. The van der Waals surface area contributed by atoms with Crippen LogP contribution in [0.15, 0.2) is 77.8 Å². The summed E-state index contributed by atoms with van der Waals surface area (Å²) in [5.74, 6) is 0.483. The summed E-state index contributed by atoms with van der Waals surface area (Å²) in [4.78, 5) is 18.0. The van der Waals surface area contributed by atoms with E-state index in [9.17, 15) is 13.2 Å². The maximum atomic E-state index is 13.3. The maximum absolute atomic E-state index is 13.3. The lowest BCUT2D eigenvalue weighted by molar-refractivity contribution is -0.116. The minimum Gasteiger partial charge on any atom is -0.497 e. The van der Waals surface area contributed by atoms with Gasteiger partial charge in [-0.05, 0) is 99.5 Å². The van der Waals surface area contributed by atoms with Gasteiger partial charge in [-0.25, -0.2) is 13.4 Å². The second kappa shape index (κ2) is 11.6. The molecule has 10 heteroatoms. The monoisotopic (exact) mass is 566 g/mol. The first-order valence-corrected chi connectivity index (χ1v) is 14.2. The van der Waals surface area contributed by atoms with E-state index in [1.165, 1.54) is 24.3 Å². The lowest BCUT2D eigenvalue weighted by atomic mass is 10.1. The molecule has 0 saturated heterocycles. The molecule has 0 spiro atoms. The van der Waals surface area contributed by atoms with E-state index in [4.69, 9.17) is 21.3 Å². The number of aromatic nitrogens is 2. The van der Waals surface area contributed by atoms with E-state index in [1.54, 1.807) is 25.5 Å². The normalized spacial score (nSPS) is 11.7. The highest BCUT2D eigenvalue weighted by Gasteiger charge is 2.29. The Labute approximate surface area is 234 Å². The third-order valence-electron chi connectivity index (χ3n) is 6.41. The summed E-state index contributed by atoms with van der Waals surface area (Å²) in [7, 11) is -2.34. The summed E-state index contributed by atoms with van der Waals surface area (Å²) in [6.45, 7) is 7.10. The van der Waals surface area contributed by atoms with Crippen LogP contribution in [0, 0.1) is 13.8 Å². The largest absolute Gasteiger partial charge is 0.497 e. The molecule has 0 unspecified atom stereocenters. The quantitative estimate of drug-likeness (QED) is 0.274. The smallest absolute Gasteiger partial charge is 0.243 e. The first-order valence-electron chi connectivity index (χ1n) is 12.4. The van der Waals surface area contributed by atoms with Crippen LogP contribution in [0.4, 0.5) is 5.95 Å². The van der Waals surface area contributed by atoms with Gasteiger partial charge in [0.1, 0.15) is 5.75 Å². The number of carbonyl (C=O) groups is 1. The van der Waals surface area contributed by atoms with Crippen molar-refractivity contribution in [3.63, 3.8) is 0 Å². The number of aryl methyl sites for hydroxylation is 2. The molecular formula is C29H31ClN4O4S. The summed E-state index contributed by atoms with van der Waals surface area (Å²) in [6, 6.07) is 18.8. The number of methoxy groups -OCH3 is 1. The average molecular weight is 567 g/mol. The van der Waals surface area contributed by atoms with Gasteiger partial charge in [0.05, 0.1) is 24.2 Å². The molecule has 4 aromatic rings. The molecule has 1 heterocycles. The SMILES string of the molecule is COc1ccc(-c2cn(-c3ccc(C)c(C)c3)c(NC(=O)CN(C(C)C)S(=O)(=O)c3ccc(Cl)cc3)n2)cc1. The van der Waals surface area contributed by atoms with Gasteiger partial charge < -0.3 is 4.74 Å². The minimum absolute atomic E-state index is 0.0619. The molecule has 204 valence electrons. The highest BCUT2D eigenvalue weighted by molar-refractivity contribution is 7.89. The number of hydrogen-bond donors (Lipinski definition) is 1. The third kappa shape index (κ3) is 6.33. The Morgan fingerprint density at radius 1 is 1.03 bits per heavy atom. The number of benzene rings is 3. The molecule has 0 aliphatic carbocycles. The van der Waals surface area contributed by atoms with Gasteiger partial charge in [0.15, 0.2) is 0 Å². The Morgan fingerprint density at radius 3 is 2.28 bits per heavy atom. The number of carbonyl (C=O) groups excluding carboxylic acids is 1. The van der Waals surface area contributed by atoms with E-state index < -0.39 is 22.0 Å². The van der Waals surface area contributed by atoms with Crippen molar-refractivity contribution >= 4 is 33.5 Å². The first-order chi connectivity index (χ1) is 18.5. The van der Waals surface area contributed by atoms with Gasteiger partial charge in [0.2, 0.25) is 21.9 Å². The topological polar surface area (TPSA) is 93.5 Å². The number of halogens is 1. The van der Waals surface area contributed by atoms with Crippen LogP contribution in [0.5, 0.6) is 5.75 Å². The molecule has 1 aromatic heterocycles. The molecule has 4 rings (SSSR count). The standard InChI is InChI=1S/C29H31ClN4O4S/c1-19(2)34(39(36,37)26-14-9-23(30)10-15-26)18-28(35)32-29-31-27(22-7-12-25(38-5)13-8-22)17-33(29)24-11-6-20(3)21(4)16-24/h6-17,19H,18H2,1-5H3,(H,31,32,35). The fourth-order valence-corrected chi connectivity index (χ4v) is 5.75. The van der Waals surface area contributed by atoms with E-state index in [0.717, 1.165) is 32.4 Å². The van der Waals surface area contributed by atoms with Crippen molar-refractivity contribution in [3.8, 4) is 22.7 Å². The number of rotatable bonds is 9. The van der Waals surface area contributed by atoms with Crippen molar-refractivity contribution < 1.29 is 17.9 Å². The van der Waals surface area contributed by atoms with Gasteiger partial charge in [-0.2, -0.15) is 4.31 Å². The summed E-state index contributed by atoms with van der Waals surface area (Å²) in [6.07, 6.45) is 1.84. The van der Waals surface area contributed by atoms with Gasteiger partial charge in [0, 0.05) is 28.5 Å². The number of sulfonamides is 1. The van der Waals surface area contributed by atoms with E-state index in [0.29, 0.717) is 10.7 Å². The molecule has 3 aromatic carbocycles. The van der Waals surface area contributed by atoms with Crippen molar-refractivity contribution in [1.29, 1.82) is 0 Å². The van der Waals surface area contributed by atoms with Gasteiger partial charge in [-0.1, -0.05) is 17.7 Å². The van der Waals surface area contributed by atoms with Gasteiger partial charge in [-0.3, -0.25) is 14.7 Å². The Morgan fingerprint density at radius 2 is 1.69 bits per heavy atom. The molecular weight excluding hydrogens is 536 g/mol. The summed E-state index contributed by atoms with van der Waals surface area (Å²) in [5, 5.41) is 3.26. The van der Waals surface area contributed by atoms with Crippen LogP contribution in [0.3, 0.4) is 0 Å². The third-order valence-corrected chi connectivity index (χ3v) is 8.70. The number of hydrogen-bond acceptors (Lipinski definition) is 5. The van der Waals surface area contributed by atoms with Crippen LogP contribution in [0.2, 0.25) is 5.02 Å². The summed E-state index contributed by atoms with van der Waals surface area (Å²) < 4.78 is 34.9. The number of ether oxygens (including phenoxy) is 1. The maximum Gasteiger partial charge on any atom is 0.243 e. The van der Waals surface area contributed by atoms with Gasteiger partial charge in [0.25, 0.3) is 0 Å². The van der Waals surface area contributed by atoms with Crippen LogP contribution < -0.4 is 10.1 Å². The molecule has 0 radical (unpaired) electrons. The van der Waals surface area contributed by atoms with E-state index in [1.807, 2.05) is 62.5 Å². The fraction of sp³-hybridized carbons (Fsp3) is 0.241. The Balaban J connectivity index is 1.67. The zero-order valence-corrected chi connectivity index (χ0v) is 24.0. The van der Waals surface area contributed by atoms with Crippen LogP contribution in [0.1, 0.15) is 25.0 Å². The van der Waals surface area contributed by atoms with Crippen molar-refractivity contribution in [3.05, 3.63) is 89.1 Å². The van der Waals surface area contributed by atoms with Crippen LogP contribution in [-0.4, -0.2) is 47.9 Å². The molecule has 1 N–H and O–H groups in total. The fourth-order valence-electron chi connectivity index (χ4n) is 4.03. The van der Waals surface area contributed by atoms with E-state index in [2.05, 4.69) is 5.32 Å². The Bertz CT molecular complexity index is 1580. The Kier molecular flexibility index (Phi) is 8.44. The van der Waals surface area contributed by atoms with Crippen molar-refractivity contribution in [1.82, 2.24) is 13.9 Å². The minimum atomic E-state index is -3.95. The predicted molar refractivity (Wildman–Crippen MR) is 154 cm³/mol. The summed E-state index contributed by atoms with van der Waals surface area (Å²) >= 11 is 5.94. The molecule has 0 bridgehead atoms. The zero-order valence-electron chi connectivity index (χ0n) is 22.5. The van der Waals surface area contributed by atoms with Crippen molar-refractivity contribution in [2.24, 2.45) is 0 Å². The van der Waals surface area contributed by atoms with Gasteiger partial charge in [-0.15, -0.1) is 0 Å². The molecule has 0 fully saturated rings. The number of anilines is 1. The molecule has 0 atom stereocenters. The molecule has 0 aliphatic heterocycles. The average Bonchev–Trinajstić information content (AvgIpc) is 3.32. The van der Waals surface area contributed by atoms with E-state index >= 15 is 0 Å². The predicted octanol–water partition coefficient (Wildman–Crippen LogP) is 5.86. The number of nitrogens with one attached hydrogen (secondary N) is 1. The van der Waals surface area contributed by atoms with Gasteiger partial charge >= 0.3 is 0 Å². The molecule has 1 amide bonds. The zero-order chi connectivity index (χ0) is 28.3. The van der Waals surface area contributed by atoms with Crippen LogP contribution in [-0.2, 0) is 14.8 Å². The van der Waals surface area contributed by atoms with Crippen molar-refractivity contribution in [2.45, 2.75) is 38.6 Å². The Hall–Kier alpha value is -3.66. The molecule has 8 nitrogen and oxygen atoms in total. The van der Waals surface area contributed by atoms with Crippen LogP contribution in [0.25, 0.3) is 16.9 Å². The van der Waals surface area contributed by atoms with Crippen molar-refractivity contribution in [2.75, 3.05) is 19.0 Å². The first kappa shape index (κ1) is 28.4. The second-order valence-corrected chi connectivity index (χ2v) is 11.8. The molecule has 0 aliphatic rings. The highest BCUT2D eigenvalue weighted by atomic mass is 35.5. The highest BCUT2D eigenvalue weighted by Crippen LogP contribution is 2.27. The lowest BCUT2D eigenvalue weighted by Gasteiger charge is -2.25. The molecule has 39 heavy (non-hydrogen) atoms. The lowest BCUT2D eigenvalue weighted by Crippen LogP contribution is -2.42. The summed E-state index contributed by atoms with van der Waals surface area (Å²) in [5.41, 5.74) is 4.52. The van der Waals surface area contributed by atoms with Crippen LogP contribution >= 0.6 is 11.6 Å². The molecule has 0 saturated carbocycles. The van der Waals surface area contributed by atoms with E-state index in [-0.39, 0.29) is 17.4 Å². The number of nitrogens with zero attached hydrogens (tertiary/aromatic N) is 3. The number of imidazole rings is 1.